The van der Waals surface area contributed by atoms with Crippen LogP contribution in [0.25, 0.3) is 6.08 Å². The molecule has 11 heavy (non-hydrogen) atoms. The predicted molar refractivity (Wildman–Crippen MR) is 54.7 cm³/mol. The summed E-state index contributed by atoms with van der Waals surface area (Å²) in [5.41, 5.74) is 1.29. The lowest BCUT2D eigenvalue weighted by Gasteiger charge is -1.88. The van der Waals surface area contributed by atoms with Gasteiger partial charge in [0.05, 0.1) is 0 Å². The monoisotopic (exact) mass is 165 g/mol. The van der Waals surface area contributed by atoms with Gasteiger partial charge in [0.25, 0.3) is 0 Å². The summed E-state index contributed by atoms with van der Waals surface area (Å²) in [6.07, 6.45) is 6.59. The molecular weight excluding hydrogens is 152 g/mol. The number of rotatable bonds is 2. The van der Waals surface area contributed by atoms with Crippen LogP contribution in [0, 0.1) is 0 Å². The third-order valence-electron chi connectivity index (χ3n) is 1.33. The zero-order chi connectivity index (χ0) is 8.10. The number of hydrogen-bond acceptors (Lipinski definition) is 0. The van der Waals surface area contributed by atoms with Crippen LogP contribution in [0.4, 0.5) is 0 Å². The van der Waals surface area contributed by atoms with E-state index in [1.54, 1.807) is 0 Å². The zero-order valence-electron chi connectivity index (χ0n) is 6.95. The highest BCUT2D eigenvalue weighted by atomic mass is 32.2. The molecule has 0 N–H and O–H groups in total. The Kier molecular flexibility index (Phi) is 3.24. The van der Waals surface area contributed by atoms with E-state index < -0.39 is 0 Å². The largest absolute Gasteiger partial charge is 0.119 e. The Balaban J connectivity index is 2.65. The van der Waals surface area contributed by atoms with Gasteiger partial charge in [0.2, 0.25) is 0 Å². The van der Waals surface area contributed by atoms with E-state index >= 15 is 0 Å². The summed E-state index contributed by atoms with van der Waals surface area (Å²) in [4.78, 5) is 0. The minimum Gasteiger partial charge on any atom is -0.0622 e. The van der Waals surface area contributed by atoms with Crippen LogP contribution in [0.15, 0.2) is 35.7 Å². The Morgan fingerprint density at radius 1 is 1.09 bits per heavy atom. The summed E-state index contributed by atoms with van der Waals surface area (Å²) in [6, 6.07) is 10.4. The van der Waals surface area contributed by atoms with Gasteiger partial charge in [-0.1, -0.05) is 30.3 Å². The lowest BCUT2D eigenvalue weighted by atomic mass is 10.2. The highest BCUT2D eigenvalue weighted by Gasteiger charge is 1.92. The molecule has 0 heterocycles. The molecule has 1 aromatic carbocycles. The average Bonchev–Trinajstić information content (AvgIpc) is 2.03. The van der Waals surface area contributed by atoms with Gasteiger partial charge in [-0.05, 0) is 11.6 Å². The molecule has 1 aromatic rings. The van der Waals surface area contributed by atoms with Crippen molar-refractivity contribution in [2.75, 3.05) is 12.5 Å². The summed E-state index contributed by atoms with van der Waals surface area (Å²) in [5.74, 6) is 0. The van der Waals surface area contributed by atoms with Crippen molar-refractivity contribution in [3.63, 3.8) is 0 Å². The molecule has 0 nitrogen and oxygen atoms in total. The fraction of sp³-hybridized carbons (Fsp3) is 0.200. The Hall–Kier alpha value is -0.690. The summed E-state index contributed by atoms with van der Waals surface area (Å²) in [7, 11) is 0.403. The third-order valence-corrected chi connectivity index (χ3v) is 2.01. The number of benzene rings is 1. The van der Waals surface area contributed by atoms with Gasteiger partial charge in [-0.15, -0.1) is 0 Å². The van der Waals surface area contributed by atoms with Gasteiger partial charge in [-0.3, -0.25) is 0 Å². The van der Waals surface area contributed by atoms with Crippen molar-refractivity contribution >= 4 is 17.0 Å². The molecule has 0 bridgehead atoms. The molecule has 58 valence electrons. The Labute approximate surface area is 71.3 Å². The lowest BCUT2D eigenvalue weighted by molar-refractivity contribution is 1.66. The van der Waals surface area contributed by atoms with E-state index in [1.807, 2.05) is 6.07 Å². The van der Waals surface area contributed by atoms with Crippen LogP contribution in [0.5, 0.6) is 0 Å². The summed E-state index contributed by atoms with van der Waals surface area (Å²) < 4.78 is 0. The molecule has 0 aliphatic heterocycles. The second-order valence-corrected chi connectivity index (χ2v) is 4.62. The Morgan fingerprint density at radius 3 is 2.27 bits per heavy atom. The van der Waals surface area contributed by atoms with Crippen LogP contribution in [-0.4, -0.2) is 12.5 Å². The fourth-order valence-corrected chi connectivity index (χ4v) is 1.21. The van der Waals surface area contributed by atoms with E-state index in [9.17, 15) is 0 Å². The summed E-state index contributed by atoms with van der Waals surface area (Å²) in [5, 5.41) is 2.23. The second-order valence-electron chi connectivity index (χ2n) is 2.59. The van der Waals surface area contributed by atoms with E-state index in [1.165, 1.54) is 5.56 Å². The quantitative estimate of drug-likeness (QED) is 0.591. The van der Waals surface area contributed by atoms with Crippen molar-refractivity contribution in [1.82, 2.24) is 0 Å². The summed E-state index contributed by atoms with van der Waals surface area (Å²) in [6.45, 7) is 0. The van der Waals surface area contributed by atoms with Gasteiger partial charge in [0.15, 0.2) is 0 Å². The smallest absolute Gasteiger partial charge is 0.0622 e. The zero-order valence-corrected chi connectivity index (χ0v) is 7.77. The van der Waals surface area contributed by atoms with Crippen molar-refractivity contribution < 1.29 is 0 Å². The topological polar surface area (TPSA) is 0 Å². The molecule has 0 spiro atoms. The van der Waals surface area contributed by atoms with Gasteiger partial charge in [0.1, 0.15) is 17.9 Å². The van der Waals surface area contributed by atoms with E-state index in [0.29, 0.717) is 10.9 Å². The maximum absolute atomic E-state index is 2.23. The van der Waals surface area contributed by atoms with Crippen LogP contribution in [-0.2, 0) is 10.9 Å². The Morgan fingerprint density at radius 2 is 1.73 bits per heavy atom. The molecule has 0 saturated carbocycles. The van der Waals surface area contributed by atoms with Crippen molar-refractivity contribution in [2.45, 2.75) is 0 Å². The van der Waals surface area contributed by atoms with Gasteiger partial charge in [-0.2, -0.15) is 0 Å². The maximum Gasteiger partial charge on any atom is 0.119 e. The molecule has 0 radical (unpaired) electrons. The first-order chi connectivity index (χ1) is 5.29. The van der Waals surface area contributed by atoms with Crippen LogP contribution in [0.2, 0.25) is 0 Å². The fourth-order valence-electron chi connectivity index (χ4n) is 0.779. The molecule has 0 amide bonds. The normalized spacial score (nSPS) is 11.2. The van der Waals surface area contributed by atoms with E-state index in [2.05, 4.69) is 48.3 Å². The third kappa shape index (κ3) is 3.28. The highest BCUT2D eigenvalue weighted by molar-refractivity contribution is 7.98. The van der Waals surface area contributed by atoms with Crippen molar-refractivity contribution in [2.24, 2.45) is 0 Å². The lowest BCUT2D eigenvalue weighted by Crippen LogP contribution is -1.85. The molecule has 0 atom stereocenters. The molecule has 0 aromatic heterocycles. The molecule has 0 fully saturated rings. The molecule has 0 aliphatic rings. The van der Waals surface area contributed by atoms with E-state index in [0.717, 1.165) is 0 Å². The van der Waals surface area contributed by atoms with Gasteiger partial charge in [0, 0.05) is 10.9 Å². The Bertz CT molecular complexity index is 224. The highest BCUT2D eigenvalue weighted by Crippen LogP contribution is 2.02. The van der Waals surface area contributed by atoms with Gasteiger partial charge in [-0.25, -0.2) is 0 Å². The minimum atomic E-state index is 0.403. The molecule has 1 heteroatoms. The van der Waals surface area contributed by atoms with Crippen LogP contribution in [0.3, 0.4) is 0 Å². The van der Waals surface area contributed by atoms with Crippen LogP contribution >= 0.6 is 0 Å². The van der Waals surface area contributed by atoms with Crippen molar-refractivity contribution in [1.29, 1.82) is 0 Å². The maximum atomic E-state index is 2.23. The molecule has 1 rings (SSSR count). The first-order valence-corrected chi connectivity index (χ1v) is 5.69. The SMILES string of the molecule is C[S+](C)/C=C\c1ccccc1. The first-order valence-electron chi connectivity index (χ1n) is 3.58. The summed E-state index contributed by atoms with van der Waals surface area (Å²) >= 11 is 0. The van der Waals surface area contributed by atoms with Gasteiger partial charge >= 0.3 is 0 Å². The number of hydrogen-bond donors (Lipinski definition) is 0. The first kappa shape index (κ1) is 8.41. The molecule has 0 unspecified atom stereocenters. The van der Waals surface area contributed by atoms with Crippen molar-refractivity contribution in [3.05, 3.63) is 41.3 Å². The van der Waals surface area contributed by atoms with Gasteiger partial charge < -0.3 is 0 Å². The minimum absolute atomic E-state index is 0.403. The second kappa shape index (κ2) is 4.24. The standard InChI is InChI=1S/C10H13S/c1-11(2)9-8-10-6-4-3-5-7-10/h3-9H,1-2H3/q+1/b9-8-. The van der Waals surface area contributed by atoms with Crippen molar-refractivity contribution in [3.8, 4) is 0 Å². The molecule has 0 aliphatic carbocycles. The van der Waals surface area contributed by atoms with Crippen LogP contribution in [0.1, 0.15) is 5.56 Å². The molecular formula is C10H13S+. The predicted octanol–water partition coefficient (Wildman–Crippen LogP) is 2.54. The average molecular weight is 165 g/mol. The van der Waals surface area contributed by atoms with E-state index in [4.69, 9.17) is 0 Å². The molecule has 0 saturated heterocycles. The van der Waals surface area contributed by atoms with Crippen LogP contribution < -0.4 is 0 Å². The van der Waals surface area contributed by atoms with E-state index in [-0.39, 0.29) is 0 Å².